The molecule has 1 aromatic heterocycles. The minimum absolute atomic E-state index is 0.201. The molecule has 1 amide bonds. The molecular weight excluding hydrogens is 340 g/mol. The zero-order chi connectivity index (χ0) is 18.8. The lowest BCUT2D eigenvalue weighted by Crippen LogP contribution is -2.32. The van der Waals surface area contributed by atoms with E-state index < -0.39 is 0 Å². The number of nitrogens with zero attached hydrogens (tertiary/aromatic N) is 2. The first kappa shape index (κ1) is 16.8. The molecule has 1 aliphatic heterocycles. The maximum atomic E-state index is 13.1. The van der Waals surface area contributed by atoms with Crippen LogP contribution in [0.3, 0.4) is 0 Å². The van der Waals surface area contributed by atoms with Crippen molar-refractivity contribution in [2.24, 2.45) is 4.99 Å². The highest BCUT2D eigenvalue weighted by molar-refractivity contribution is 6.33. The predicted octanol–water partition coefficient (Wildman–Crippen LogP) is 4.43. The number of ether oxygens (including phenoxy) is 1. The van der Waals surface area contributed by atoms with Crippen molar-refractivity contribution in [2.45, 2.75) is 6.92 Å². The van der Waals surface area contributed by atoms with Crippen LogP contribution in [0.15, 0.2) is 82.0 Å². The summed E-state index contributed by atoms with van der Waals surface area (Å²) in [4.78, 5) is 19.4. The highest BCUT2D eigenvalue weighted by Crippen LogP contribution is 2.29. The van der Waals surface area contributed by atoms with Crippen molar-refractivity contribution in [3.05, 3.63) is 89.5 Å². The van der Waals surface area contributed by atoms with Gasteiger partial charge in [0.05, 0.1) is 19.1 Å². The zero-order valence-electron chi connectivity index (χ0n) is 15.0. The molecule has 0 bridgehead atoms. The number of aryl methyl sites for hydroxylation is 1. The first-order valence-corrected chi connectivity index (χ1v) is 8.55. The monoisotopic (exact) mass is 358 g/mol. The van der Waals surface area contributed by atoms with Crippen molar-refractivity contribution in [1.82, 2.24) is 0 Å². The molecule has 0 spiro atoms. The van der Waals surface area contributed by atoms with Gasteiger partial charge in [0.2, 0.25) is 0 Å². The molecule has 3 aromatic rings. The summed E-state index contributed by atoms with van der Waals surface area (Å²) in [5.74, 6) is 1.70. The summed E-state index contributed by atoms with van der Waals surface area (Å²) in [7, 11) is 1.61. The number of hydrogen-bond donors (Lipinski definition) is 0. The Morgan fingerprint density at radius 1 is 1.07 bits per heavy atom. The number of hydrogen-bond acceptors (Lipinski definition) is 4. The van der Waals surface area contributed by atoms with Crippen LogP contribution in [0.2, 0.25) is 0 Å². The fraction of sp³-hybridized carbons (Fsp3) is 0.0909. The first-order valence-electron chi connectivity index (χ1n) is 8.55. The van der Waals surface area contributed by atoms with Gasteiger partial charge in [0.15, 0.2) is 0 Å². The Bertz CT molecular complexity index is 1030. The van der Waals surface area contributed by atoms with Crippen LogP contribution in [-0.2, 0) is 4.79 Å². The minimum Gasteiger partial charge on any atom is -0.497 e. The summed E-state index contributed by atoms with van der Waals surface area (Å²) >= 11 is 0. The molecule has 0 radical (unpaired) electrons. The average Bonchev–Trinajstić information content (AvgIpc) is 3.31. The van der Waals surface area contributed by atoms with Crippen molar-refractivity contribution in [3.8, 4) is 5.75 Å². The molecule has 0 saturated carbocycles. The molecule has 0 saturated heterocycles. The normalized spacial score (nSPS) is 15.3. The topological polar surface area (TPSA) is 55.0 Å². The molecular formula is C22H18N2O3. The smallest absolute Gasteiger partial charge is 0.282 e. The van der Waals surface area contributed by atoms with Crippen molar-refractivity contribution >= 4 is 23.5 Å². The Morgan fingerprint density at radius 2 is 1.89 bits per heavy atom. The third kappa shape index (κ3) is 3.27. The van der Waals surface area contributed by atoms with E-state index >= 15 is 0 Å². The molecule has 27 heavy (non-hydrogen) atoms. The van der Waals surface area contributed by atoms with Crippen molar-refractivity contribution < 1.29 is 13.9 Å². The second kappa shape index (κ2) is 6.96. The van der Waals surface area contributed by atoms with E-state index in [2.05, 4.69) is 4.99 Å². The van der Waals surface area contributed by atoms with Crippen LogP contribution >= 0.6 is 0 Å². The molecule has 4 rings (SSSR count). The van der Waals surface area contributed by atoms with Crippen LogP contribution in [0.5, 0.6) is 5.75 Å². The third-order valence-electron chi connectivity index (χ3n) is 4.29. The fourth-order valence-electron chi connectivity index (χ4n) is 2.97. The van der Waals surface area contributed by atoms with Crippen LogP contribution in [0, 0.1) is 6.92 Å². The van der Waals surface area contributed by atoms with E-state index in [9.17, 15) is 4.79 Å². The number of amidine groups is 1. The van der Waals surface area contributed by atoms with Gasteiger partial charge in [-0.15, -0.1) is 0 Å². The van der Waals surface area contributed by atoms with Crippen molar-refractivity contribution in [3.63, 3.8) is 0 Å². The highest BCUT2D eigenvalue weighted by Gasteiger charge is 2.32. The summed E-state index contributed by atoms with van der Waals surface area (Å²) in [5, 5.41) is 0. The van der Waals surface area contributed by atoms with Gasteiger partial charge in [0, 0.05) is 11.6 Å². The van der Waals surface area contributed by atoms with Gasteiger partial charge in [0.1, 0.15) is 23.0 Å². The number of rotatable bonds is 4. The Kier molecular flexibility index (Phi) is 4.34. The Labute approximate surface area is 157 Å². The number of anilines is 1. The fourth-order valence-corrected chi connectivity index (χ4v) is 2.97. The Morgan fingerprint density at radius 3 is 2.56 bits per heavy atom. The van der Waals surface area contributed by atoms with E-state index in [1.54, 1.807) is 36.5 Å². The van der Waals surface area contributed by atoms with Crippen molar-refractivity contribution in [2.75, 3.05) is 12.0 Å². The zero-order valence-corrected chi connectivity index (χ0v) is 15.0. The van der Waals surface area contributed by atoms with Gasteiger partial charge in [-0.25, -0.2) is 4.99 Å². The predicted molar refractivity (Wildman–Crippen MR) is 105 cm³/mol. The molecule has 5 nitrogen and oxygen atoms in total. The molecule has 1 aliphatic rings. The number of benzene rings is 2. The second-order valence-electron chi connectivity index (χ2n) is 6.19. The molecule has 134 valence electrons. The van der Waals surface area contributed by atoms with Crippen LogP contribution in [-0.4, -0.2) is 18.9 Å². The Balaban J connectivity index is 1.81. The van der Waals surface area contributed by atoms with Gasteiger partial charge in [-0.2, -0.15) is 0 Å². The lowest BCUT2D eigenvalue weighted by Gasteiger charge is -2.19. The van der Waals surface area contributed by atoms with E-state index in [0.717, 1.165) is 22.6 Å². The standard InChI is InChI=1S/C22H18N2O3/c1-15-5-3-6-16(13-15)21-23-20(14-19-7-4-12-27-19)22(25)24(21)17-8-10-18(26-2)11-9-17/h3-14H,1-2H3/b20-14+. The van der Waals surface area contributed by atoms with Gasteiger partial charge in [0.25, 0.3) is 5.91 Å². The minimum atomic E-state index is -0.201. The molecule has 5 heteroatoms. The maximum Gasteiger partial charge on any atom is 0.282 e. The number of aliphatic imine (C=N–C) groups is 1. The van der Waals surface area contributed by atoms with Crippen LogP contribution in [0.4, 0.5) is 5.69 Å². The van der Waals surface area contributed by atoms with Gasteiger partial charge < -0.3 is 9.15 Å². The average molecular weight is 358 g/mol. The van der Waals surface area contributed by atoms with Gasteiger partial charge in [-0.1, -0.05) is 23.8 Å². The van der Waals surface area contributed by atoms with E-state index in [-0.39, 0.29) is 5.91 Å². The molecule has 2 aromatic carbocycles. The third-order valence-corrected chi connectivity index (χ3v) is 4.29. The van der Waals surface area contributed by atoms with E-state index in [4.69, 9.17) is 9.15 Å². The highest BCUT2D eigenvalue weighted by atomic mass is 16.5. The number of amides is 1. The van der Waals surface area contributed by atoms with E-state index in [1.165, 1.54) is 0 Å². The quantitative estimate of drug-likeness (QED) is 0.648. The number of methoxy groups -OCH3 is 1. The summed E-state index contributed by atoms with van der Waals surface area (Å²) in [6, 6.07) is 18.8. The maximum absolute atomic E-state index is 13.1. The van der Waals surface area contributed by atoms with Crippen molar-refractivity contribution in [1.29, 1.82) is 0 Å². The molecule has 0 N–H and O–H groups in total. The number of furan rings is 1. The summed E-state index contributed by atoms with van der Waals surface area (Å²) in [6.07, 6.45) is 3.22. The molecule has 0 atom stereocenters. The number of carbonyl (C=O) groups excluding carboxylic acids is 1. The lowest BCUT2D eigenvalue weighted by atomic mass is 10.1. The van der Waals surface area contributed by atoms with Gasteiger partial charge in [-0.05, 0) is 49.4 Å². The van der Waals surface area contributed by atoms with E-state index in [0.29, 0.717) is 17.3 Å². The molecule has 2 heterocycles. The second-order valence-corrected chi connectivity index (χ2v) is 6.19. The van der Waals surface area contributed by atoms with Crippen LogP contribution in [0.25, 0.3) is 6.08 Å². The largest absolute Gasteiger partial charge is 0.497 e. The summed E-state index contributed by atoms with van der Waals surface area (Å²) < 4.78 is 10.6. The van der Waals surface area contributed by atoms with Gasteiger partial charge in [-0.3, -0.25) is 9.69 Å². The molecule has 0 unspecified atom stereocenters. The number of carbonyl (C=O) groups is 1. The molecule has 0 fully saturated rings. The van der Waals surface area contributed by atoms with Crippen LogP contribution < -0.4 is 9.64 Å². The van der Waals surface area contributed by atoms with E-state index in [1.807, 2.05) is 55.5 Å². The first-order chi connectivity index (χ1) is 13.2. The van der Waals surface area contributed by atoms with Crippen LogP contribution in [0.1, 0.15) is 16.9 Å². The SMILES string of the molecule is COc1ccc(N2C(=O)/C(=C\c3ccco3)N=C2c2cccc(C)c2)cc1. The summed E-state index contributed by atoms with van der Waals surface area (Å²) in [6.45, 7) is 2.01. The molecule has 0 aliphatic carbocycles. The Hall–Kier alpha value is -3.60. The van der Waals surface area contributed by atoms with Gasteiger partial charge >= 0.3 is 0 Å². The summed E-state index contributed by atoms with van der Waals surface area (Å²) in [5.41, 5.74) is 3.03. The lowest BCUT2D eigenvalue weighted by molar-refractivity contribution is -0.113.